The van der Waals surface area contributed by atoms with Gasteiger partial charge in [0, 0.05) is 5.92 Å². The van der Waals surface area contributed by atoms with Gasteiger partial charge in [0.1, 0.15) is 5.75 Å². The van der Waals surface area contributed by atoms with Crippen LogP contribution < -0.4 is 10.5 Å². The van der Waals surface area contributed by atoms with Crippen LogP contribution in [0.25, 0.3) is 0 Å². The molecule has 22 heavy (non-hydrogen) atoms. The lowest BCUT2D eigenvalue weighted by Crippen LogP contribution is -2.14. The molecule has 2 heteroatoms. The first-order chi connectivity index (χ1) is 10.8. The van der Waals surface area contributed by atoms with Crippen LogP contribution in [-0.4, -0.2) is 13.2 Å². The molecular formula is C20H27NO. The Morgan fingerprint density at radius 2 is 1.68 bits per heavy atom. The molecule has 2 rings (SSSR count). The zero-order chi connectivity index (χ0) is 15.6. The minimum absolute atomic E-state index is 0.373. The van der Waals surface area contributed by atoms with E-state index in [1.54, 1.807) is 0 Å². The summed E-state index contributed by atoms with van der Waals surface area (Å²) < 4.78 is 5.75. The molecule has 1 unspecified atom stereocenters. The van der Waals surface area contributed by atoms with E-state index in [9.17, 15) is 0 Å². The van der Waals surface area contributed by atoms with Crippen LogP contribution in [0.15, 0.2) is 54.6 Å². The smallest absolute Gasteiger partial charge is 0.119 e. The second kappa shape index (κ2) is 9.26. The van der Waals surface area contributed by atoms with Crippen molar-refractivity contribution in [1.82, 2.24) is 0 Å². The van der Waals surface area contributed by atoms with Crippen molar-refractivity contribution in [1.29, 1.82) is 0 Å². The summed E-state index contributed by atoms with van der Waals surface area (Å²) in [6.07, 6.45) is 4.55. The largest absolute Gasteiger partial charge is 0.494 e. The molecule has 2 aromatic carbocycles. The van der Waals surface area contributed by atoms with Crippen LogP contribution in [0.3, 0.4) is 0 Å². The van der Waals surface area contributed by atoms with Crippen molar-refractivity contribution >= 4 is 0 Å². The maximum absolute atomic E-state index is 5.95. The fraction of sp³-hybridized carbons (Fsp3) is 0.400. The van der Waals surface area contributed by atoms with Gasteiger partial charge in [-0.1, -0.05) is 62.2 Å². The number of rotatable bonds is 9. The highest BCUT2D eigenvalue weighted by molar-refractivity contribution is 5.30. The van der Waals surface area contributed by atoms with E-state index in [4.69, 9.17) is 10.5 Å². The minimum atomic E-state index is 0.373. The summed E-state index contributed by atoms with van der Waals surface area (Å²) in [5.74, 6) is 1.33. The summed E-state index contributed by atoms with van der Waals surface area (Å²) in [5.41, 5.74) is 8.57. The van der Waals surface area contributed by atoms with Gasteiger partial charge in [-0.2, -0.15) is 0 Å². The molecule has 0 aliphatic rings. The molecule has 0 radical (unpaired) electrons. The Morgan fingerprint density at radius 1 is 0.955 bits per heavy atom. The summed E-state index contributed by atoms with van der Waals surface area (Å²) in [5, 5.41) is 0. The van der Waals surface area contributed by atoms with Crippen LogP contribution in [0.1, 0.15) is 43.2 Å². The van der Waals surface area contributed by atoms with Crippen LogP contribution in [0, 0.1) is 0 Å². The molecule has 0 bridgehead atoms. The third kappa shape index (κ3) is 5.19. The second-order valence-electron chi connectivity index (χ2n) is 5.75. The molecule has 0 spiro atoms. The van der Waals surface area contributed by atoms with Gasteiger partial charge >= 0.3 is 0 Å². The van der Waals surface area contributed by atoms with E-state index in [1.165, 1.54) is 24.0 Å². The zero-order valence-electron chi connectivity index (χ0n) is 13.5. The predicted octanol–water partition coefficient (Wildman–Crippen LogP) is 4.54. The fourth-order valence-corrected chi connectivity index (χ4v) is 2.61. The van der Waals surface area contributed by atoms with E-state index >= 15 is 0 Å². The van der Waals surface area contributed by atoms with Gasteiger partial charge in [0.15, 0.2) is 0 Å². The molecule has 118 valence electrons. The predicted molar refractivity (Wildman–Crippen MR) is 93.4 cm³/mol. The van der Waals surface area contributed by atoms with E-state index < -0.39 is 0 Å². The van der Waals surface area contributed by atoms with Crippen LogP contribution in [-0.2, 0) is 6.42 Å². The number of benzene rings is 2. The lowest BCUT2D eigenvalue weighted by atomic mass is 9.92. The Balaban J connectivity index is 1.90. The number of ether oxygens (including phenoxy) is 1. The average Bonchev–Trinajstić information content (AvgIpc) is 2.58. The molecule has 1 atom stereocenters. The highest BCUT2D eigenvalue weighted by Gasteiger charge is 2.10. The summed E-state index contributed by atoms with van der Waals surface area (Å²) in [7, 11) is 0. The standard InChI is InChI=1S/C20H27NO/c1-2-3-7-14-22-20-12-10-17(11-13-20)15-19(16-21)18-8-5-4-6-9-18/h4-6,8-13,19H,2-3,7,14-16,21H2,1H3. The second-order valence-corrected chi connectivity index (χ2v) is 5.75. The first-order valence-corrected chi connectivity index (χ1v) is 8.30. The molecular weight excluding hydrogens is 270 g/mol. The van der Waals surface area contributed by atoms with Gasteiger partial charge in [0.2, 0.25) is 0 Å². The minimum Gasteiger partial charge on any atom is -0.494 e. The normalized spacial score (nSPS) is 12.1. The van der Waals surface area contributed by atoms with Gasteiger partial charge in [-0.3, -0.25) is 0 Å². The maximum Gasteiger partial charge on any atom is 0.119 e. The van der Waals surface area contributed by atoms with Crippen molar-refractivity contribution in [3.63, 3.8) is 0 Å². The quantitative estimate of drug-likeness (QED) is 0.690. The Morgan fingerprint density at radius 3 is 2.32 bits per heavy atom. The molecule has 2 aromatic rings. The number of nitrogens with two attached hydrogens (primary N) is 1. The SMILES string of the molecule is CCCCCOc1ccc(CC(CN)c2ccccc2)cc1. The number of hydrogen-bond donors (Lipinski definition) is 1. The fourth-order valence-electron chi connectivity index (χ4n) is 2.61. The average molecular weight is 297 g/mol. The molecule has 2 nitrogen and oxygen atoms in total. The van der Waals surface area contributed by atoms with Gasteiger partial charge in [0.25, 0.3) is 0 Å². The Hall–Kier alpha value is -1.80. The summed E-state index contributed by atoms with van der Waals surface area (Å²) >= 11 is 0. The van der Waals surface area contributed by atoms with E-state index in [2.05, 4.69) is 55.5 Å². The highest BCUT2D eigenvalue weighted by Crippen LogP contribution is 2.21. The van der Waals surface area contributed by atoms with Crippen LogP contribution in [0.2, 0.25) is 0 Å². The summed E-state index contributed by atoms with van der Waals surface area (Å²) in [6, 6.07) is 18.9. The summed E-state index contributed by atoms with van der Waals surface area (Å²) in [6.45, 7) is 3.68. The third-order valence-corrected chi connectivity index (χ3v) is 3.98. The van der Waals surface area contributed by atoms with Crippen molar-refractivity contribution in [2.24, 2.45) is 5.73 Å². The molecule has 0 saturated carbocycles. The van der Waals surface area contributed by atoms with Crippen LogP contribution in [0.4, 0.5) is 0 Å². The van der Waals surface area contributed by atoms with Crippen molar-refractivity contribution in [3.05, 3.63) is 65.7 Å². The van der Waals surface area contributed by atoms with E-state index in [0.29, 0.717) is 12.5 Å². The van der Waals surface area contributed by atoms with E-state index in [0.717, 1.165) is 25.2 Å². The van der Waals surface area contributed by atoms with E-state index in [-0.39, 0.29) is 0 Å². The Labute approximate surface area is 134 Å². The lowest BCUT2D eigenvalue weighted by Gasteiger charge is -2.15. The van der Waals surface area contributed by atoms with Crippen LogP contribution >= 0.6 is 0 Å². The number of unbranched alkanes of at least 4 members (excludes halogenated alkanes) is 2. The monoisotopic (exact) mass is 297 g/mol. The first kappa shape index (κ1) is 16.6. The topological polar surface area (TPSA) is 35.2 Å². The van der Waals surface area contributed by atoms with Crippen molar-refractivity contribution in [2.75, 3.05) is 13.2 Å². The first-order valence-electron chi connectivity index (χ1n) is 8.30. The van der Waals surface area contributed by atoms with E-state index in [1.807, 2.05) is 6.07 Å². The third-order valence-electron chi connectivity index (χ3n) is 3.98. The molecule has 0 heterocycles. The highest BCUT2D eigenvalue weighted by atomic mass is 16.5. The Kier molecular flexibility index (Phi) is 6.98. The van der Waals surface area contributed by atoms with Gasteiger partial charge in [-0.05, 0) is 42.6 Å². The lowest BCUT2D eigenvalue weighted by molar-refractivity contribution is 0.306. The number of hydrogen-bond acceptors (Lipinski definition) is 2. The van der Waals surface area contributed by atoms with Gasteiger partial charge < -0.3 is 10.5 Å². The molecule has 0 aliphatic carbocycles. The van der Waals surface area contributed by atoms with Crippen molar-refractivity contribution in [3.8, 4) is 5.75 Å². The van der Waals surface area contributed by atoms with Crippen molar-refractivity contribution < 1.29 is 4.74 Å². The molecule has 0 amide bonds. The Bertz CT molecular complexity index is 521. The summed E-state index contributed by atoms with van der Waals surface area (Å²) in [4.78, 5) is 0. The molecule has 0 saturated heterocycles. The molecule has 2 N–H and O–H groups in total. The molecule has 0 fully saturated rings. The van der Waals surface area contributed by atoms with Gasteiger partial charge in [0.05, 0.1) is 6.61 Å². The molecule has 0 aromatic heterocycles. The zero-order valence-corrected chi connectivity index (χ0v) is 13.5. The maximum atomic E-state index is 5.95. The molecule has 0 aliphatic heterocycles. The van der Waals surface area contributed by atoms with Gasteiger partial charge in [-0.15, -0.1) is 0 Å². The van der Waals surface area contributed by atoms with Crippen LogP contribution in [0.5, 0.6) is 5.75 Å². The van der Waals surface area contributed by atoms with Crippen molar-refractivity contribution in [2.45, 2.75) is 38.5 Å². The van der Waals surface area contributed by atoms with Gasteiger partial charge in [-0.25, -0.2) is 0 Å².